The lowest BCUT2D eigenvalue weighted by molar-refractivity contribution is 0.00196. The Kier molecular flexibility index (Phi) is 5.88. The molecule has 1 fully saturated rings. The summed E-state index contributed by atoms with van der Waals surface area (Å²) in [6.45, 7) is 3.54. The van der Waals surface area contributed by atoms with Gasteiger partial charge in [-0.05, 0) is 36.5 Å². The Morgan fingerprint density at radius 3 is 2.70 bits per heavy atom. The molecule has 0 bridgehead atoms. The van der Waals surface area contributed by atoms with Crippen molar-refractivity contribution in [1.82, 2.24) is 0 Å². The van der Waals surface area contributed by atoms with Crippen molar-refractivity contribution in [3.63, 3.8) is 0 Å². The summed E-state index contributed by atoms with van der Waals surface area (Å²) in [6, 6.07) is 9.82. The van der Waals surface area contributed by atoms with Crippen molar-refractivity contribution in [1.29, 1.82) is 5.26 Å². The molecule has 0 N–H and O–H groups in total. The lowest BCUT2D eigenvalue weighted by Gasteiger charge is -2.26. The molecule has 20 heavy (non-hydrogen) atoms. The van der Waals surface area contributed by atoms with E-state index in [1.165, 1.54) is 25.7 Å². The summed E-state index contributed by atoms with van der Waals surface area (Å²) in [6.07, 6.45) is 5.86. The van der Waals surface area contributed by atoms with Gasteiger partial charge in [0.2, 0.25) is 0 Å². The Balaban J connectivity index is 1.64. The van der Waals surface area contributed by atoms with E-state index in [9.17, 15) is 0 Å². The number of hydrogen-bond donors (Lipinski definition) is 0. The first-order valence-electron chi connectivity index (χ1n) is 7.48. The average Bonchev–Trinajstić information content (AvgIpc) is 2.46. The Morgan fingerprint density at radius 2 is 2.00 bits per heavy atom. The first kappa shape index (κ1) is 14.9. The quantitative estimate of drug-likeness (QED) is 0.742. The molecule has 1 aliphatic carbocycles. The van der Waals surface area contributed by atoms with Gasteiger partial charge in [-0.15, -0.1) is 0 Å². The summed E-state index contributed by atoms with van der Waals surface area (Å²) in [5.41, 5.74) is 1.02. The van der Waals surface area contributed by atoms with Crippen molar-refractivity contribution in [3.05, 3.63) is 29.8 Å². The van der Waals surface area contributed by atoms with Crippen LogP contribution in [0.5, 0.6) is 5.75 Å². The maximum Gasteiger partial charge on any atom is 0.119 e. The molecule has 0 radical (unpaired) electrons. The maximum atomic E-state index is 8.61. The molecule has 1 aliphatic rings. The van der Waals surface area contributed by atoms with E-state index in [4.69, 9.17) is 14.7 Å². The van der Waals surface area contributed by atoms with Crippen LogP contribution in [0.15, 0.2) is 24.3 Å². The van der Waals surface area contributed by atoms with Gasteiger partial charge in [-0.2, -0.15) is 5.26 Å². The second-order valence-electron chi connectivity index (χ2n) is 5.59. The van der Waals surface area contributed by atoms with E-state index in [0.717, 1.165) is 17.2 Å². The van der Waals surface area contributed by atoms with Crippen molar-refractivity contribution < 1.29 is 9.47 Å². The van der Waals surface area contributed by atoms with Crippen LogP contribution in [0.3, 0.4) is 0 Å². The van der Waals surface area contributed by atoms with Gasteiger partial charge in [0.25, 0.3) is 0 Å². The minimum Gasteiger partial charge on any atom is -0.491 e. The monoisotopic (exact) mass is 273 g/mol. The summed E-state index contributed by atoms with van der Waals surface area (Å²) in [4.78, 5) is 0. The normalized spacial score (nSPS) is 22.2. The molecule has 0 aliphatic heterocycles. The molecular formula is C17H23NO2. The molecule has 1 aromatic rings. The van der Waals surface area contributed by atoms with Gasteiger partial charge in [-0.1, -0.05) is 31.9 Å². The molecule has 1 saturated carbocycles. The fourth-order valence-electron chi connectivity index (χ4n) is 2.70. The van der Waals surface area contributed by atoms with E-state index in [-0.39, 0.29) is 0 Å². The third-order valence-electron chi connectivity index (χ3n) is 3.80. The molecule has 0 aromatic heterocycles. The topological polar surface area (TPSA) is 42.2 Å². The van der Waals surface area contributed by atoms with Crippen LogP contribution in [0.4, 0.5) is 0 Å². The smallest absolute Gasteiger partial charge is 0.119 e. The van der Waals surface area contributed by atoms with Crippen LogP contribution < -0.4 is 4.74 Å². The maximum absolute atomic E-state index is 8.61. The van der Waals surface area contributed by atoms with Gasteiger partial charge >= 0.3 is 0 Å². The predicted octanol–water partition coefficient (Wildman–Crippen LogP) is 3.73. The van der Waals surface area contributed by atoms with E-state index in [1.54, 1.807) is 0 Å². The van der Waals surface area contributed by atoms with Crippen molar-refractivity contribution in [3.8, 4) is 11.8 Å². The fourth-order valence-corrected chi connectivity index (χ4v) is 2.70. The first-order chi connectivity index (χ1) is 9.78. The standard InChI is InChI=1S/C17H23NO2/c1-14-3-2-4-17(13-14)20-12-11-19-16-7-5-15(6-8-16)9-10-18/h5-8,14,17H,2-4,9,11-13H2,1H3. The highest BCUT2D eigenvalue weighted by Crippen LogP contribution is 2.25. The number of rotatable bonds is 6. The first-order valence-corrected chi connectivity index (χ1v) is 7.48. The molecule has 0 amide bonds. The number of nitriles is 1. The molecule has 2 rings (SSSR count). The highest BCUT2D eigenvalue weighted by molar-refractivity contribution is 5.28. The minimum atomic E-state index is 0.417. The van der Waals surface area contributed by atoms with Crippen LogP contribution in [0.25, 0.3) is 0 Å². The van der Waals surface area contributed by atoms with E-state index in [2.05, 4.69) is 13.0 Å². The molecule has 2 atom stereocenters. The van der Waals surface area contributed by atoms with Crippen LogP contribution in [0.2, 0.25) is 0 Å². The van der Waals surface area contributed by atoms with Crippen LogP contribution >= 0.6 is 0 Å². The number of ether oxygens (including phenoxy) is 2. The van der Waals surface area contributed by atoms with Crippen molar-refractivity contribution in [2.24, 2.45) is 5.92 Å². The van der Waals surface area contributed by atoms with Gasteiger partial charge in [-0.3, -0.25) is 0 Å². The number of hydrogen-bond acceptors (Lipinski definition) is 3. The highest BCUT2D eigenvalue weighted by atomic mass is 16.5. The number of benzene rings is 1. The Bertz CT molecular complexity index is 435. The Hall–Kier alpha value is -1.53. The van der Waals surface area contributed by atoms with Gasteiger partial charge in [0, 0.05) is 0 Å². The molecule has 0 saturated heterocycles. The summed E-state index contributed by atoms with van der Waals surface area (Å²) in [5, 5.41) is 8.61. The number of nitrogens with zero attached hydrogens (tertiary/aromatic N) is 1. The third-order valence-corrected chi connectivity index (χ3v) is 3.80. The van der Waals surface area contributed by atoms with E-state index in [0.29, 0.717) is 25.7 Å². The van der Waals surface area contributed by atoms with Crippen molar-refractivity contribution in [2.75, 3.05) is 13.2 Å². The van der Waals surface area contributed by atoms with Gasteiger partial charge < -0.3 is 9.47 Å². The third kappa shape index (κ3) is 4.86. The zero-order chi connectivity index (χ0) is 14.2. The van der Waals surface area contributed by atoms with Crippen LogP contribution in [-0.2, 0) is 11.2 Å². The molecule has 0 spiro atoms. The summed E-state index contributed by atoms with van der Waals surface area (Å²) in [7, 11) is 0. The summed E-state index contributed by atoms with van der Waals surface area (Å²) >= 11 is 0. The van der Waals surface area contributed by atoms with E-state index < -0.39 is 0 Å². The zero-order valence-corrected chi connectivity index (χ0v) is 12.2. The second-order valence-corrected chi connectivity index (χ2v) is 5.59. The molecule has 108 valence electrons. The summed E-state index contributed by atoms with van der Waals surface area (Å²) in [5.74, 6) is 1.63. The largest absolute Gasteiger partial charge is 0.491 e. The second kappa shape index (κ2) is 7.91. The van der Waals surface area contributed by atoms with Gasteiger partial charge in [0.15, 0.2) is 0 Å². The minimum absolute atomic E-state index is 0.417. The molecule has 2 unspecified atom stereocenters. The van der Waals surface area contributed by atoms with E-state index >= 15 is 0 Å². The Labute approximate surface area is 121 Å². The molecule has 1 aromatic carbocycles. The molecule has 3 nitrogen and oxygen atoms in total. The van der Waals surface area contributed by atoms with Crippen molar-refractivity contribution in [2.45, 2.75) is 45.1 Å². The molecule has 3 heteroatoms. The summed E-state index contributed by atoms with van der Waals surface area (Å²) < 4.78 is 11.5. The lowest BCUT2D eigenvalue weighted by Crippen LogP contribution is -2.23. The van der Waals surface area contributed by atoms with E-state index in [1.807, 2.05) is 24.3 Å². The van der Waals surface area contributed by atoms with Gasteiger partial charge in [0.05, 0.1) is 25.2 Å². The van der Waals surface area contributed by atoms with Gasteiger partial charge in [0.1, 0.15) is 12.4 Å². The van der Waals surface area contributed by atoms with Gasteiger partial charge in [-0.25, -0.2) is 0 Å². The molecule has 0 heterocycles. The van der Waals surface area contributed by atoms with Crippen LogP contribution in [0, 0.1) is 17.2 Å². The molecular weight excluding hydrogens is 250 g/mol. The van der Waals surface area contributed by atoms with Crippen molar-refractivity contribution >= 4 is 0 Å². The average molecular weight is 273 g/mol. The predicted molar refractivity (Wildman–Crippen MR) is 78.6 cm³/mol. The lowest BCUT2D eigenvalue weighted by atomic mass is 9.89. The SMILES string of the molecule is CC1CCCC(OCCOc2ccc(CC#N)cc2)C1. The zero-order valence-electron chi connectivity index (χ0n) is 12.2. The Morgan fingerprint density at radius 1 is 1.20 bits per heavy atom. The fraction of sp³-hybridized carbons (Fsp3) is 0.588. The highest BCUT2D eigenvalue weighted by Gasteiger charge is 2.18. The van der Waals surface area contributed by atoms with Crippen LogP contribution in [-0.4, -0.2) is 19.3 Å². The van der Waals surface area contributed by atoms with Crippen LogP contribution in [0.1, 0.15) is 38.2 Å².